The predicted octanol–water partition coefficient (Wildman–Crippen LogP) is 3.14. The van der Waals surface area contributed by atoms with Gasteiger partial charge in [-0.1, -0.05) is 54.6 Å². The summed E-state index contributed by atoms with van der Waals surface area (Å²) in [5.74, 6) is 1.80. The minimum absolute atomic E-state index is 0.670. The van der Waals surface area contributed by atoms with Gasteiger partial charge in [0, 0.05) is 40.3 Å². The Morgan fingerprint density at radius 2 is 1.90 bits per heavy atom. The summed E-state index contributed by atoms with van der Waals surface area (Å²) in [4.78, 5) is 17.0. The molecule has 0 bridgehead atoms. The van der Waals surface area contributed by atoms with Gasteiger partial charge in [0.1, 0.15) is 5.82 Å². The Hall–Kier alpha value is -3.12. The lowest BCUT2D eigenvalue weighted by molar-refractivity contribution is 0.257. The molecule has 6 heteroatoms. The van der Waals surface area contributed by atoms with Gasteiger partial charge in [0.15, 0.2) is 5.96 Å². The van der Waals surface area contributed by atoms with Gasteiger partial charge in [0.25, 0.3) is 0 Å². The second-order valence-corrected chi connectivity index (χ2v) is 7.73. The molecule has 30 heavy (non-hydrogen) atoms. The summed E-state index contributed by atoms with van der Waals surface area (Å²) in [6.45, 7) is 4.68. The highest BCUT2D eigenvalue weighted by Crippen LogP contribution is 2.18. The summed E-state index contributed by atoms with van der Waals surface area (Å²) in [7, 11) is 3.87. The first-order valence-electron chi connectivity index (χ1n) is 10.5. The van der Waals surface area contributed by atoms with Crippen molar-refractivity contribution >= 4 is 5.96 Å². The van der Waals surface area contributed by atoms with Crippen molar-refractivity contribution in [3.63, 3.8) is 0 Å². The number of nitrogens with one attached hydrogen (secondary N) is 2. The number of nitrogens with zero attached hydrogens (tertiary/aromatic N) is 4. The van der Waals surface area contributed by atoms with Crippen LogP contribution in [-0.2, 0) is 19.5 Å². The molecule has 0 saturated carbocycles. The Balaban J connectivity index is 1.27. The average Bonchev–Trinajstić information content (AvgIpc) is 3.25. The Kier molecular flexibility index (Phi) is 6.44. The molecule has 2 aromatic carbocycles. The smallest absolute Gasteiger partial charge is 0.193 e. The molecular weight excluding hydrogens is 372 g/mol. The fraction of sp³-hybridized carbons (Fsp3) is 0.333. The molecule has 6 nitrogen and oxygen atoms in total. The Morgan fingerprint density at radius 1 is 1.13 bits per heavy atom. The van der Waals surface area contributed by atoms with Crippen LogP contribution in [0.15, 0.2) is 65.8 Å². The summed E-state index contributed by atoms with van der Waals surface area (Å²) in [6, 6.07) is 19.0. The molecule has 0 fully saturated rings. The zero-order valence-corrected chi connectivity index (χ0v) is 17.8. The van der Waals surface area contributed by atoms with Crippen molar-refractivity contribution in [3.8, 4) is 11.3 Å². The fourth-order valence-corrected chi connectivity index (χ4v) is 3.96. The molecule has 0 atom stereocenters. The Labute approximate surface area is 178 Å². The molecule has 156 valence electrons. The van der Waals surface area contributed by atoms with Crippen LogP contribution in [0.2, 0.25) is 0 Å². The van der Waals surface area contributed by atoms with E-state index in [1.165, 1.54) is 11.1 Å². The predicted molar refractivity (Wildman–Crippen MR) is 122 cm³/mol. The molecular formula is C24H30N6. The third-order valence-electron chi connectivity index (χ3n) is 5.59. The van der Waals surface area contributed by atoms with Crippen LogP contribution in [0.3, 0.4) is 0 Å². The van der Waals surface area contributed by atoms with E-state index in [4.69, 9.17) is 0 Å². The summed E-state index contributed by atoms with van der Waals surface area (Å²) in [5.41, 5.74) is 5.12. The van der Waals surface area contributed by atoms with Crippen molar-refractivity contribution in [1.82, 2.24) is 25.1 Å². The van der Waals surface area contributed by atoms with Crippen LogP contribution < -0.4 is 5.32 Å². The van der Waals surface area contributed by atoms with Crippen LogP contribution in [0, 0.1) is 0 Å². The molecule has 0 saturated heterocycles. The highest BCUT2D eigenvalue weighted by molar-refractivity contribution is 5.79. The van der Waals surface area contributed by atoms with E-state index in [0.717, 1.165) is 55.6 Å². The van der Waals surface area contributed by atoms with Crippen LogP contribution >= 0.6 is 0 Å². The van der Waals surface area contributed by atoms with Crippen LogP contribution in [0.25, 0.3) is 11.3 Å². The van der Waals surface area contributed by atoms with Crippen molar-refractivity contribution in [2.24, 2.45) is 4.99 Å². The van der Waals surface area contributed by atoms with Gasteiger partial charge in [-0.2, -0.15) is 0 Å². The molecule has 0 unspecified atom stereocenters. The zero-order valence-electron chi connectivity index (χ0n) is 17.8. The largest absolute Gasteiger partial charge is 0.355 e. The van der Waals surface area contributed by atoms with Crippen molar-refractivity contribution in [1.29, 1.82) is 0 Å². The molecule has 1 aliphatic heterocycles. The van der Waals surface area contributed by atoms with E-state index in [2.05, 4.69) is 66.5 Å². The molecule has 3 aromatic rings. The highest BCUT2D eigenvalue weighted by atomic mass is 15.3. The lowest BCUT2D eigenvalue weighted by atomic mass is 10.00. The van der Waals surface area contributed by atoms with Gasteiger partial charge in [-0.3, -0.25) is 9.89 Å². The first-order valence-corrected chi connectivity index (χ1v) is 10.5. The third-order valence-corrected chi connectivity index (χ3v) is 5.59. The molecule has 2 heterocycles. The third kappa shape index (κ3) is 4.89. The van der Waals surface area contributed by atoms with Gasteiger partial charge in [-0.25, -0.2) is 4.98 Å². The lowest BCUT2D eigenvalue weighted by Crippen LogP contribution is -2.43. The number of rotatable bonds is 6. The second kappa shape index (κ2) is 9.59. The maximum Gasteiger partial charge on any atom is 0.193 e. The van der Waals surface area contributed by atoms with Gasteiger partial charge >= 0.3 is 0 Å². The quantitative estimate of drug-likeness (QED) is 0.491. The highest BCUT2D eigenvalue weighted by Gasteiger charge is 2.16. The number of imidazole rings is 1. The number of H-pyrrole nitrogens is 1. The fourth-order valence-electron chi connectivity index (χ4n) is 3.96. The van der Waals surface area contributed by atoms with E-state index < -0.39 is 0 Å². The van der Waals surface area contributed by atoms with E-state index in [-0.39, 0.29) is 0 Å². The minimum Gasteiger partial charge on any atom is -0.355 e. The molecule has 0 spiro atoms. The summed E-state index contributed by atoms with van der Waals surface area (Å²) in [6.07, 6.45) is 3.02. The summed E-state index contributed by atoms with van der Waals surface area (Å²) >= 11 is 0. The van der Waals surface area contributed by atoms with Gasteiger partial charge in [0.2, 0.25) is 0 Å². The monoisotopic (exact) mass is 402 g/mol. The SMILES string of the molecule is CN=C(NCCN1CCc2ccccc2C1)N(C)Cc1ncc(-c2ccccc2)[nH]1. The van der Waals surface area contributed by atoms with E-state index in [1.54, 1.807) is 0 Å². The van der Waals surface area contributed by atoms with Crippen molar-refractivity contribution in [2.75, 3.05) is 33.7 Å². The van der Waals surface area contributed by atoms with Crippen molar-refractivity contribution in [3.05, 3.63) is 77.7 Å². The second-order valence-electron chi connectivity index (χ2n) is 7.73. The standard InChI is InChI=1S/C24H30N6/c1-25-24(26-13-15-30-14-12-19-8-6-7-11-21(19)17-30)29(2)18-23-27-16-22(28-23)20-9-4-3-5-10-20/h3-11,16H,12-15,17-18H2,1-2H3,(H,25,26)(H,27,28). The minimum atomic E-state index is 0.670. The first kappa shape index (κ1) is 20.2. The number of fused-ring (bicyclic) bond motifs is 1. The topological polar surface area (TPSA) is 59.6 Å². The van der Waals surface area contributed by atoms with E-state index in [0.29, 0.717) is 6.54 Å². The Bertz CT molecular complexity index is 978. The Morgan fingerprint density at radius 3 is 2.70 bits per heavy atom. The number of benzene rings is 2. The maximum absolute atomic E-state index is 4.54. The van der Waals surface area contributed by atoms with E-state index in [1.807, 2.05) is 38.5 Å². The summed E-state index contributed by atoms with van der Waals surface area (Å²) in [5, 5.41) is 3.49. The number of hydrogen-bond donors (Lipinski definition) is 2. The molecule has 1 aromatic heterocycles. The molecule has 2 N–H and O–H groups in total. The van der Waals surface area contributed by atoms with E-state index >= 15 is 0 Å². The number of guanidine groups is 1. The summed E-state index contributed by atoms with van der Waals surface area (Å²) < 4.78 is 0. The number of hydrogen-bond acceptors (Lipinski definition) is 3. The van der Waals surface area contributed by atoms with E-state index in [9.17, 15) is 0 Å². The van der Waals surface area contributed by atoms with Crippen LogP contribution in [0.1, 0.15) is 17.0 Å². The number of aliphatic imine (C=N–C) groups is 1. The molecule has 4 rings (SSSR count). The van der Waals surface area contributed by atoms with Crippen LogP contribution in [0.5, 0.6) is 0 Å². The van der Waals surface area contributed by atoms with Crippen molar-refractivity contribution < 1.29 is 0 Å². The number of aromatic amines is 1. The van der Waals surface area contributed by atoms with Crippen molar-refractivity contribution in [2.45, 2.75) is 19.5 Å². The zero-order chi connectivity index (χ0) is 20.8. The van der Waals surface area contributed by atoms with Gasteiger partial charge in [-0.15, -0.1) is 0 Å². The van der Waals surface area contributed by atoms with Crippen LogP contribution in [0.4, 0.5) is 0 Å². The van der Waals surface area contributed by atoms with Gasteiger partial charge in [-0.05, 0) is 23.1 Å². The van der Waals surface area contributed by atoms with Gasteiger partial charge in [0.05, 0.1) is 18.4 Å². The van der Waals surface area contributed by atoms with Crippen LogP contribution in [-0.4, -0.2) is 59.5 Å². The normalized spacial score (nSPS) is 14.4. The number of aromatic nitrogens is 2. The lowest BCUT2D eigenvalue weighted by Gasteiger charge is -2.29. The van der Waals surface area contributed by atoms with Gasteiger partial charge < -0.3 is 15.2 Å². The first-order chi connectivity index (χ1) is 14.7. The molecule has 0 aliphatic carbocycles. The maximum atomic E-state index is 4.54. The molecule has 0 radical (unpaired) electrons. The molecule has 1 aliphatic rings. The average molecular weight is 403 g/mol. The molecule has 0 amide bonds.